The Labute approximate surface area is 217 Å². The average Bonchev–Trinajstić information content (AvgIpc) is 3.49. The third-order valence-corrected chi connectivity index (χ3v) is 6.60. The number of nitrogens with one attached hydrogen (secondary N) is 2. The summed E-state index contributed by atoms with van der Waals surface area (Å²) in [4.78, 5) is 39.5. The van der Waals surface area contributed by atoms with Crippen LogP contribution in [0.2, 0.25) is 0 Å². The fourth-order valence-electron chi connectivity index (χ4n) is 4.18. The highest BCUT2D eigenvalue weighted by Gasteiger charge is 2.57. The van der Waals surface area contributed by atoms with E-state index in [1.54, 1.807) is 12.1 Å². The van der Waals surface area contributed by atoms with Crippen LogP contribution in [0.3, 0.4) is 0 Å². The number of benzene rings is 1. The van der Waals surface area contributed by atoms with E-state index in [0.717, 1.165) is 18.2 Å². The highest BCUT2D eigenvalue weighted by atomic mass is 19.4. The standard InChI is InChI=1S/C25H20F4N6O4/c1-23(22(30)37)11-39-18-14(23)9-16(34-17(18)12-4-6-13(26)7-5-12)24(38,25(27,28)29)10-32-21(36)20-33-15-3-2-8-31-19(15)35-20/h2-9,38H,10-11H2,1H3,(H2,30,37)(H,32,36)(H,31,33,35)/t23-,24?/m0/s1. The van der Waals surface area contributed by atoms with Gasteiger partial charge in [0.25, 0.3) is 5.91 Å². The van der Waals surface area contributed by atoms with Crippen LogP contribution in [0, 0.1) is 5.82 Å². The van der Waals surface area contributed by atoms with Crippen molar-refractivity contribution >= 4 is 23.0 Å². The maximum Gasteiger partial charge on any atom is 0.424 e. The molecule has 0 spiro atoms. The van der Waals surface area contributed by atoms with Crippen molar-refractivity contribution in [2.24, 2.45) is 5.73 Å². The topological polar surface area (TPSA) is 156 Å². The van der Waals surface area contributed by atoms with E-state index in [1.807, 2.05) is 5.32 Å². The second kappa shape index (κ2) is 9.01. The first-order valence-electron chi connectivity index (χ1n) is 11.5. The van der Waals surface area contributed by atoms with Gasteiger partial charge in [-0.2, -0.15) is 13.2 Å². The summed E-state index contributed by atoms with van der Waals surface area (Å²) in [5.74, 6) is -2.89. The molecule has 0 fully saturated rings. The minimum absolute atomic E-state index is 0.0324. The lowest BCUT2D eigenvalue weighted by molar-refractivity contribution is -0.265. The number of carbonyl (C=O) groups excluding carboxylic acids is 2. The number of aliphatic hydroxyl groups is 1. The summed E-state index contributed by atoms with van der Waals surface area (Å²) in [5, 5.41) is 13.1. The van der Waals surface area contributed by atoms with Gasteiger partial charge >= 0.3 is 6.18 Å². The maximum atomic E-state index is 14.5. The lowest BCUT2D eigenvalue weighted by Gasteiger charge is -2.31. The fraction of sp³-hybridized carbons (Fsp3) is 0.240. The number of nitrogens with zero attached hydrogens (tertiary/aromatic N) is 3. The van der Waals surface area contributed by atoms with Crippen LogP contribution >= 0.6 is 0 Å². The van der Waals surface area contributed by atoms with Crippen molar-refractivity contribution in [3.63, 3.8) is 0 Å². The van der Waals surface area contributed by atoms with Gasteiger partial charge in [0.1, 0.15) is 29.3 Å². The third kappa shape index (κ3) is 4.31. The number of hydrogen-bond acceptors (Lipinski definition) is 7. The first-order valence-corrected chi connectivity index (χ1v) is 11.5. The molecule has 0 bridgehead atoms. The number of H-pyrrole nitrogens is 1. The Balaban J connectivity index is 1.59. The monoisotopic (exact) mass is 544 g/mol. The highest BCUT2D eigenvalue weighted by Crippen LogP contribution is 2.47. The van der Waals surface area contributed by atoms with Gasteiger partial charge in [-0.1, -0.05) is 0 Å². The Morgan fingerprint density at radius 2 is 1.92 bits per heavy atom. The molecule has 5 rings (SSSR count). The number of pyridine rings is 2. The molecule has 14 heteroatoms. The zero-order valence-electron chi connectivity index (χ0n) is 20.1. The Morgan fingerprint density at radius 3 is 2.56 bits per heavy atom. The predicted molar refractivity (Wildman–Crippen MR) is 128 cm³/mol. The Kier molecular flexibility index (Phi) is 6.01. The van der Waals surface area contributed by atoms with E-state index in [-0.39, 0.29) is 40.6 Å². The zero-order chi connectivity index (χ0) is 28.2. The molecule has 4 aromatic rings. The molecule has 1 aromatic carbocycles. The number of nitrogens with two attached hydrogens (primary N) is 1. The Hall–Kier alpha value is -4.59. The molecule has 2 amide bonds. The van der Waals surface area contributed by atoms with E-state index >= 15 is 0 Å². The molecule has 0 aliphatic carbocycles. The summed E-state index contributed by atoms with van der Waals surface area (Å²) in [6.07, 6.45) is -3.92. The number of hydrogen-bond donors (Lipinski definition) is 4. The lowest BCUT2D eigenvalue weighted by atomic mass is 9.81. The van der Waals surface area contributed by atoms with Crippen LogP contribution in [0.5, 0.6) is 5.75 Å². The highest BCUT2D eigenvalue weighted by molar-refractivity contribution is 5.93. The minimum Gasteiger partial charge on any atom is -0.489 e. The molecule has 1 aliphatic heterocycles. The molecule has 0 radical (unpaired) electrons. The van der Waals surface area contributed by atoms with Crippen molar-refractivity contribution in [3.05, 3.63) is 71.6 Å². The summed E-state index contributed by atoms with van der Waals surface area (Å²) >= 11 is 0. The first-order chi connectivity index (χ1) is 18.3. The van der Waals surface area contributed by atoms with Crippen molar-refractivity contribution in [1.82, 2.24) is 25.3 Å². The molecule has 1 unspecified atom stereocenters. The number of imidazole rings is 1. The van der Waals surface area contributed by atoms with Crippen LogP contribution in [0.15, 0.2) is 48.7 Å². The van der Waals surface area contributed by atoms with Crippen molar-refractivity contribution in [1.29, 1.82) is 0 Å². The molecular formula is C25H20F4N6O4. The molecular weight excluding hydrogens is 524 g/mol. The number of amides is 2. The number of primary amides is 1. The number of fused-ring (bicyclic) bond motifs is 2. The normalized spacial score (nSPS) is 18.3. The number of halogens is 4. The molecule has 0 saturated heterocycles. The smallest absolute Gasteiger partial charge is 0.424 e. The summed E-state index contributed by atoms with van der Waals surface area (Å²) in [6, 6.07) is 8.68. The third-order valence-electron chi connectivity index (χ3n) is 6.60. The van der Waals surface area contributed by atoms with E-state index in [2.05, 4.69) is 19.9 Å². The molecule has 0 saturated carbocycles. The second-order valence-electron chi connectivity index (χ2n) is 9.23. The van der Waals surface area contributed by atoms with Crippen LogP contribution in [0.1, 0.15) is 28.8 Å². The van der Waals surface area contributed by atoms with Crippen molar-refractivity contribution in [3.8, 4) is 17.0 Å². The van der Waals surface area contributed by atoms with Gasteiger partial charge in [0.15, 0.2) is 11.5 Å². The quantitative estimate of drug-likeness (QED) is 0.272. The average molecular weight is 544 g/mol. The van der Waals surface area contributed by atoms with Crippen LogP contribution in [0.4, 0.5) is 17.6 Å². The molecule has 202 valence electrons. The van der Waals surface area contributed by atoms with Crippen LogP contribution in [-0.2, 0) is 15.8 Å². The molecule has 3 aromatic heterocycles. The van der Waals surface area contributed by atoms with Gasteiger partial charge in [-0.25, -0.2) is 19.3 Å². The maximum absolute atomic E-state index is 14.5. The Bertz CT molecular complexity index is 1570. The van der Waals surface area contributed by atoms with Crippen molar-refractivity contribution in [2.45, 2.75) is 24.1 Å². The van der Waals surface area contributed by atoms with E-state index in [9.17, 15) is 32.3 Å². The number of alkyl halides is 3. The van der Waals surface area contributed by atoms with Crippen LogP contribution in [-0.4, -0.2) is 56.2 Å². The molecule has 10 nitrogen and oxygen atoms in total. The van der Waals surface area contributed by atoms with Gasteiger partial charge in [0, 0.05) is 17.3 Å². The van der Waals surface area contributed by atoms with E-state index in [1.165, 1.54) is 25.3 Å². The summed E-state index contributed by atoms with van der Waals surface area (Å²) < 4.78 is 62.5. The molecule has 2 atom stereocenters. The van der Waals surface area contributed by atoms with Gasteiger partial charge in [-0.05, 0) is 49.4 Å². The molecule has 5 N–H and O–H groups in total. The van der Waals surface area contributed by atoms with Gasteiger partial charge < -0.3 is 25.9 Å². The second-order valence-corrected chi connectivity index (χ2v) is 9.23. The van der Waals surface area contributed by atoms with Gasteiger partial charge in [0.05, 0.1) is 17.8 Å². The number of aromatic amines is 1. The van der Waals surface area contributed by atoms with Crippen molar-refractivity contribution in [2.75, 3.05) is 13.2 Å². The van der Waals surface area contributed by atoms with E-state index in [4.69, 9.17) is 10.5 Å². The van der Waals surface area contributed by atoms with E-state index < -0.39 is 47.1 Å². The summed E-state index contributed by atoms with van der Waals surface area (Å²) in [7, 11) is 0. The number of ether oxygens (including phenoxy) is 1. The number of aromatic nitrogens is 4. The van der Waals surface area contributed by atoms with Gasteiger partial charge in [-0.15, -0.1) is 0 Å². The molecule has 4 heterocycles. The lowest BCUT2D eigenvalue weighted by Crippen LogP contribution is -2.52. The largest absolute Gasteiger partial charge is 0.489 e. The Morgan fingerprint density at radius 1 is 1.21 bits per heavy atom. The fourth-order valence-corrected chi connectivity index (χ4v) is 4.18. The number of rotatable bonds is 6. The molecule has 1 aliphatic rings. The van der Waals surface area contributed by atoms with Crippen LogP contribution < -0.4 is 15.8 Å². The first kappa shape index (κ1) is 26.0. The zero-order valence-corrected chi connectivity index (χ0v) is 20.1. The predicted octanol–water partition coefficient (Wildman–Crippen LogP) is 2.47. The minimum atomic E-state index is -5.35. The van der Waals surface area contributed by atoms with Gasteiger partial charge in [0.2, 0.25) is 11.5 Å². The van der Waals surface area contributed by atoms with E-state index in [0.29, 0.717) is 5.52 Å². The SMILES string of the molecule is C[C@]1(C(N)=O)COc2c1cc(C(O)(CNC(=O)c1nc3ncccc3[nH]1)C(F)(F)F)nc2-c1ccc(F)cc1. The van der Waals surface area contributed by atoms with Crippen molar-refractivity contribution < 1.29 is 37.0 Å². The summed E-state index contributed by atoms with van der Waals surface area (Å²) in [5.41, 5.74) is -0.178. The number of carbonyl (C=O) groups is 2. The molecule has 39 heavy (non-hydrogen) atoms. The summed E-state index contributed by atoms with van der Waals surface area (Å²) in [6.45, 7) is -0.274. The van der Waals surface area contributed by atoms with Crippen LogP contribution in [0.25, 0.3) is 22.4 Å². The van der Waals surface area contributed by atoms with Gasteiger partial charge in [-0.3, -0.25) is 9.59 Å².